The highest BCUT2D eigenvalue weighted by Gasteiger charge is 2.28. The summed E-state index contributed by atoms with van der Waals surface area (Å²) in [5, 5.41) is 0. The molecule has 0 aliphatic carbocycles. The first-order valence-corrected chi connectivity index (χ1v) is 9.15. The highest BCUT2D eigenvalue weighted by Crippen LogP contribution is 2.35. The fraction of sp³-hybridized carbons (Fsp3) is 0.364. The smallest absolute Gasteiger partial charge is 0.330 e. The van der Waals surface area contributed by atoms with Gasteiger partial charge in [0.25, 0.3) is 0 Å². The standard InChI is InChI=1S/C22H25NO6/c1-25-18-7-6-13(9-19(18)26-2)8-16-15-12-21(28-4)20(27-3)11-14(15)10-17(23-16)22(24)29-5/h6-7,9,11-12,17H,8,10H2,1-5H3/t17-/m1/s1. The number of aliphatic imine (C=N–C) groups is 1. The van der Waals surface area contributed by atoms with Gasteiger partial charge in [0.15, 0.2) is 29.0 Å². The number of carbonyl (C=O) groups excluding carboxylic acids is 1. The molecular weight excluding hydrogens is 374 g/mol. The molecule has 0 fully saturated rings. The Morgan fingerprint density at radius 1 is 0.897 bits per heavy atom. The lowest BCUT2D eigenvalue weighted by Gasteiger charge is -2.24. The van der Waals surface area contributed by atoms with E-state index in [0.29, 0.717) is 35.8 Å². The molecule has 0 N–H and O–H groups in total. The zero-order valence-electron chi connectivity index (χ0n) is 17.3. The number of rotatable bonds is 7. The Hall–Kier alpha value is -3.22. The first kappa shape index (κ1) is 20.5. The van der Waals surface area contributed by atoms with Gasteiger partial charge in [0, 0.05) is 24.1 Å². The summed E-state index contributed by atoms with van der Waals surface area (Å²) >= 11 is 0. The summed E-state index contributed by atoms with van der Waals surface area (Å²) in [6.45, 7) is 0. The van der Waals surface area contributed by atoms with Crippen LogP contribution in [-0.4, -0.2) is 53.3 Å². The minimum atomic E-state index is -0.597. The Kier molecular flexibility index (Phi) is 6.26. The summed E-state index contributed by atoms with van der Waals surface area (Å²) < 4.78 is 26.5. The fourth-order valence-corrected chi connectivity index (χ4v) is 3.47. The number of nitrogens with zero attached hydrogens (tertiary/aromatic N) is 1. The molecule has 3 rings (SSSR count). The quantitative estimate of drug-likeness (QED) is 0.667. The number of fused-ring (bicyclic) bond motifs is 1. The van der Waals surface area contributed by atoms with Crippen LogP contribution in [0.2, 0.25) is 0 Å². The van der Waals surface area contributed by atoms with Crippen molar-refractivity contribution in [3.8, 4) is 23.0 Å². The van der Waals surface area contributed by atoms with Gasteiger partial charge in [-0.2, -0.15) is 0 Å². The van der Waals surface area contributed by atoms with Crippen LogP contribution in [0.15, 0.2) is 35.3 Å². The highest BCUT2D eigenvalue weighted by atomic mass is 16.5. The number of methoxy groups -OCH3 is 5. The second kappa shape index (κ2) is 8.86. The van der Waals surface area contributed by atoms with Crippen molar-refractivity contribution in [3.05, 3.63) is 47.0 Å². The second-order valence-electron chi connectivity index (χ2n) is 6.55. The third-order valence-electron chi connectivity index (χ3n) is 4.94. The summed E-state index contributed by atoms with van der Waals surface area (Å²) in [5.41, 5.74) is 3.64. The van der Waals surface area contributed by atoms with Gasteiger partial charge >= 0.3 is 5.97 Å². The van der Waals surface area contributed by atoms with Crippen LogP contribution < -0.4 is 18.9 Å². The molecule has 0 unspecified atom stereocenters. The van der Waals surface area contributed by atoms with Crippen molar-refractivity contribution in [2.75, 3.05) is 35.5 Å². The molecular formula is C22H25NO6. The predicted molar refractivity (Wildman–Crippen MR) is 109 cm³/mol. The normalized spacial score (nSPS) is 15.1. The summed E-state index contributed by atoms with van der Waals surface area (Å²) in [5.74, 6) is 2.15. The molecule has 1 aliphatic rings. The molecule has 0 bridgehead atoms. The summed E-state index contributed by atoms with van der Waals surface area (Å²) in [6, 6.07) is 8.91. The number of hydrogen-bond acceptors (Lipinski definition) is 7. The maximum absolute atomic E-state index is 12.2. The van der Waals surface area contributed by atoms with E-state index in [1.165, 1.54) is 7.11 Å². The summed E-state index contributed by atoms with van der Waals surface area (Å²) in [6.07, 6.45) is 0.953. The number of carbonyl (C=O) groups is 1. The van der Waals surface area contributed by atoms with Crippen LogP contribution in [0, 0.1) is 0 Å². The number of ether oxygens (including phenoxy) is 5. The van der Waals surface area contributed by atoms with Crippen LogP contribution in [0.25, 0.3) is 0 Å². The van der Waals surface area contributed by atoms with E-state index in [2.05, 4.69) is 0 Å². The molecule has 29 heavy (non-hydrogen) atoms. The molecule has 1 heterocycles. The van der Waals surface area contributed by atoms with Gasteiger partial charge in [-0.05, 0) is 35.4 Å². The van der Waals surface area contributed by atoms with E-state index >= 15 is 0 Å². The van der Waals surface area contributed by atoms with E-state index in [-0.39, 0.29) is 5.97 Å². The van der Waals surface area contributed by atoms with Crippen LogP contribution in [0.3, 0.4) is 0 Å². The van der Waals surface area contributed by atoms with Crippen LogP contribution in [0.1, 0.15) is 16.7 Å². The Morgan fingerprint density at radius 2 is 1.52 bits per heavy atom. The summed E-state index contributed by atoms with van der Waals surface area (Å²) in [4.78, 5) is 16.9. The average Bonchev–Trinajstić information content (AvgIpc) is 2.77. The zero-order chi connectivity index (χ0) is 21.0. The highest BCUT2D eigenvalue weighted by molar-refractivity contribution is 6.06. The van der Waals surface area contributed by atoms with Gasteiger partial charge in [0.1, 0.15) is 0 Å². The minimum Gasteiger partial charge on any atom is -0.493 e. The van der Waals surface area contributed by atoms with Gasteiger partial charge in [-0.25, -0.2) is 4.79 Å². The number of hydrogen-bond donors (Lipinski definition) is 0. The molecule has 7 heteroatoms. The van der Waals surface area contributed by atoms with Crippen LogP contribution in [0.4, 0.5) is 0 Å². The molecule has 1 atom stereocenters. The van der Waals surface area contributed by atoms with Crippen LogP contribution in [-0.2, 0) is 22.4 Å². The zero-order valence-corrected chi connectivity index (χ0v) is 17.3. The van der Waals surface area contributed by atoms with E-state index in [1.807, 2.05) is 30.3 Å². The summed E-state index contributed by atoms with van der Waals surface area (Å²) in [7, 11) is 7.74. The van der Waals surface area contributed by atoms with Gasteiger partial charge in [0.05, 0.1) is 35.5 Å². The van der Waals surface area contributed by atoms with E-state index in [9.17, 15) is 4.79 Å². The van der Waals surface area contributed by atoms with Gasteiger partial charge in [-0.15, -0.1) is 0 Å². The van der Waals surface area contributed by atoms with Crippen LogP contribution >= 0.6 is 0 Å². The van der Waals surface area contributed by atoms with E-state index in [1.54, 1.807) is 28.4 Å². The third-order valence-corrected chi connectivity index (χ3v) is 4.94. The van der Waals surface area contributed by atoms with E-state index in [0.717, 1.165) is 22.4 Å². The monoisotopic (exact) mass is 399 g/mol. The van der Waals surface area contributed by atoms with Crippen LogP contribution in [0.5, 0.6) is 23.0 Å². The predicted octanol–water partition coefficient (Wildman–Crippen LogP) is 2.85. The van der Waals surface area contributed by atoms with Crippen molar-refractivity contribution < 1.29 is 28.5 Å². The maximum Gasteiger partial charge on any atom is 0.330 e. The molecule has 1 aliphatic heterocycles. The van der Waals surface area contributed by atoms with E-state index in [4.69, 9.17) is 28.7 Å². The molecule has 7 nitrogen and oxygen atoms in total. The first-order valence-electron chi connectivity index (χ1n) is 9.15. The van der Waals surface area contributed by atoms with Gasteiger partial charge < -0.3 is 23.7 Å². The Bertz CT molecular complexity index is 937. The van der Waals surface area contributed by atoms with Gasteiger partial charge in [-0.3, -0.25) is 4.99 Å². The molecule has 2 aromatic rings. The molecule has 2 aromatic carbocycles. The molecule has 0 saturated heterocycles. The van der Waals surface area contributed by atoms with Crippen molar-refractivity contribution >= 4 is 11.7 Å². The van der Waals surface area contributed by atoms with Crippen molar-refractivity contribution in [2.24, 2.45) is 4.99 Å². The maximum atomic E-state index is 12.2. The lowest BCUT2D eigenvalue weighted by atomic mass is 9.90. The molecule has 0 saturated carbocycles. The molecule has 0 aromatic heterocycles. The number of benzene rings is 2. The fourth-order valence-electron chi connectivity index (χ4n) is 3.47. The molecule has 0 spiro atoms. The Labute approximate surface area is 170 Å². The van der Waals surface area contributed by atoms with Gasteiger partial charge in [0.2, 0.25) is 0 Å². The van der Waals surface area contributed by atoms with Crippen molar-refractivity contribution in [2.45, 2.75) is 18.9 Å². The van der Waals surface area contributed by atoms with Crippen molar-refractivity contribution in [1.82, 2.24) is 0 Å². The topological polar surface area (TPSA) is 75.6 Å². The minimum absolute atomic E-state index is 0.366. The van der Waals surface area contributed by atoms with Crippen molar-refractivity contribution in [1.29, 1.82) is 0 Å². The lowest BCUT2D eigenvalue weighted by molar-refractivity contribution is -0.142. The van der Waals surface area contributed by atoms with Gasteiger partial charge in [-0.1, -0.05) is 6.07 Å². The first-order chi connectivity index (χ1) is 14.0. The average molecular weight is 399 g/mol. The third kappa shape index (κ3) is 4.13. The molecule has 154 valence electrons. The van der Waals surface area contributed by atoms with Crippen molar-refractivity contribution in [3.63, 3.8) is 0 Å². The Morgan fingerprint density at radius 3 is 2.14 bits per heavy atom. The largest absolute Gasteiger partial charge is 0.493 e. The molecule has 0 amide bonds. The molecule has 0 radical (unpaired) electrons. The lowest BCUT2D eigenvalue weighted by Crippen LogP contribution is -2.30. The Balaban J connectivity index is 2.05. The SMILES string of the molecule is COC(=O)[C@H]1Cc2cc(OC)c(OC)cc2C(Cc2ccc(OC)c(OC)c2)=N1. The van der Waals surface area contributed by atoms with E-state index < -0.39 is 6.04 Å². The second-order valence-corrected chi connectivity index (χ2v) is 6.55. The number of esters is 1.